The van der Waals surface area contributed by atoms with Gasteiger partial charge in [0.2, 0.25) is 0 Å². The van der Waals surface area contributed by atoms with Crippen molar-refractivity contribution >= 4 is 11.0 Å². The molecule has 0 fully saturated rings. The quantitative estimate of drug-likeness (QED) is 0.597. The fourth-order valence-corrected chi connectivity index (χ4v) is 0.711. The molecule has 10 heavy (non-hydrogen) atoms. The van der Waals surface area contributed by atoms with Crippen LogP contribution in [0.1, 0.15) is 13.9 Å². The monoisotopic (exact) mass is 139 g/mol. The molecule has 0 atom stereocenters. The van der Waals surface area contributed by atoms with Gasteiger partial charge in [0.25, 0.3) is 0 Å². The number of hydrogen-bond acceptors (Lipinski definition) is 2. The van der Waals surface area contributed by atoms with Crippen molar-refractivity contribution < 1.29 is 8.22 Å². The van der Waals surface area contributed by atoms with E-state index in [1.807, 2.05) is 0 Å². The Bertz CT molecular complexity index is 557. The van der Waals surface area contributed by atoms with E-state index in [1.54, 1.807) is 0 Å². The lowest BCUT2D eigenvalue weighted by Crippen LogP contribution is -1.83. The van der Waals surface area contributed by atoms with Crippen LogP contribution < -0.4 is 0 Å². The molecule has 0 saturated heterocycles. The Labute approximate surface area is 66.6 Å². The summed E-state index contributed by atoms with van der Waals surface area (Å²) in [7, 11) is 0. The maximum atomic E-state index is 7.55. The molecule has 2 aromatic heterocycles. The Morgan fingerprint density at radius 3 is 3.60 bits per heavy atom. The molecule has 2 aromatic rings. The lowest BCUT2D eigenvalue weighted by atomic mass is 10.3. The number of hydrogen-bond donors (Lipinski definition) is 1. The Kier molecular flexibility index (Phi) is 0.369. The van der Waals surface area contributed by atoms with Gasteiger partial charge in [0.15, 0.2) is 0 Å². The molecule has 0 aliphatic carbocycles. The van der Waals surface area contributed by atoms with Crippen LogP contribution in [0.5, 0.6) is 0 Å². The molecule has 0 aromatic carbocycles. The molecule has 0 amide bonds. The molecule has 2 rings (SSSR count). The largest absolute Gasteiger partial charge is 0.346 e. The molecule has 0 saturated carbocycles. The van der Waals surface area contributed by atoms with Crippen LogP contribution in [-0.2, 0) is 0 Å². The van der Waals surface area contributed by atoms with Crippen LogP contribution in [-0.4, -0.2) is 15.0 Å². The van der Waals surface area contributed by atoms with E-state index < -0.39 is 13.2 Å². The highest BCUT2D eigenvalue weighted by molar-refractivity contribution is 5.77. The summed E-state index contributed by atoms with van der Waals surface area (Å²) in [6, 6.07) is -0.263. The summed E-state index contributed by atoms with van der Waals surface area (Å²) < 4.78 is 44.0. The minimum atomic E-state index is -2.53. The minimum Gasteiger partial charge on any atom is -0.346 e. The highest BCUT2D eigenvalue weighted by atomic mass is 14.9. The van der Waals surface area contributed by atoms with E-state index in [-0.39, 0.29) is 28.9 Å². The van der Waals surface area contributed by atoms with Crippen molar-refractivity contribution in [3.05, 3.63) is 24.2 Å². The zero-order valence-electron chi connectivity index (χ0n) is 10.9. The molecule has 2 heterocycles. The van der Waals surface area contributed by atoms with E-state index in [4.69, 9.17) is 8.22 Å². The van der Waals surface area contributed by atoms with Crippen molar-refractivity contribution in [3.8, 4) is 0 Å². The summed E-state index contributed by atoms with van der Waals surface area (Å²) in [5.41, 5.74) is -0.316. The van der Waals surface area contributed by atoms with Crippen molar-refractivity contribution in [2.75, 3.05) is 0 Å². The van der Waals surface area contributed by atoms with Crippen molar-refractivity contribution in [1.29, 1.82) is 0 Å². The number of fused-ring (bicyclic) bond motifs is 1. The van der Waals surface area contributed by atoms with Gasteiger partial charge in [-0.05, 0) is 12.9 Å². The third-order valence-electron chi connectivity index (χ3n) is 1.17. The summed E-state index contributed by atoms with van der Waals surface area (Å²) in [6.07, 6.45) is -0.680. The second kappa shape index (κ2) is 1.80. The van der Waals surface area contributed by atoms with Gasteiger partial charge in [-0.15, -0.1) is 0 Å². The molecular formula is C7H7N3. The first kappa shape index (κ1) is 2.05. The Morgan fingerprint density at radius 2 is 2.70 bits per heavy atom. The van der Waals surface area contributed by atoms with Gasteiger partial charge >= 0.3 is 0 Å². The van der Waals surface area contributed by atoms with Crippen molar-refractivity contribution in [1.82, 2.24) is 15.0 Å². The van der Waals surface area contributed by atoms with Crippen molar-refractivity contribution in [3.63, 3.8) is 0 Å². The van der Waals surface area contributed by atoms with E-state index in [1.165, 1.54) is 0 Å². The van der Waals surface area contributed by atoms with Crippen molar-refractivity contribution in [2.24, 2.45) is 0 Å². The van der Waals surface area contributed by atoms with Crippen molar-refractivity contribution in [2.45, 2.75) is 6.85 Å². The molecule has 1 N–H and O–H groups in total. The molecule has 50 valence electrons. The Balaban J connectivity index is 2.91. The molecule has 0 aliphatic heterocycles. The van der Waals surface area contributed by atoms with Gasteiger partial charge in [-0.3, -0.25) is 0 Å². The number of aromatic amines is 1. The molecule has 3 heteroatoms. The van der Waals surface area contributed by atoms with Crippen LogP contribution in [0.2, 0.25) is 0 Å². The van der Waals surface area contributed by atoms with Crippen LogP contribution in [0.15, 0.2) is 18.5 Å². The van der Waals surface area contributed by atoms with Gasteiger partial charge < -0.3 is 4.98 Å². The van der Waals surface area contributed by atoms with E-state index in [9.17, 15) is 0 Å². The topological polar surface area (TPSA) is 41.6 Å². The van der Waals surface area contributed by atoms with Gasteiger partial charge in [0.1, 0.15) is 13.3 Å². The Hall–Kier alpha value is -1.38. The van der Waals surface area contributed by atoms with Crippen LogP contribution in [0.4, 0.5) is 0 Å². The third kappa shape index (κ3) is 0.603. The minimum absolute atomic E-state index is 0.0130. The smallest absolute Gasteiger partial charge is 0.140 e. The normalized spacial score (nSPS) is 20.4. The van der Waals surface area contributed by atoms with E-state index in [2.05, 4.69) is 15.0 Å². The average Bonchev–Trinajstić information content (AvgIpc) is 2.39. The van der Waals surface area contributed by atoms with Gasteiger partial charge in [-0.1, -0.05) is 0 Å². The molecule has 0 unspecified atom stereocenters. The average molecular weight is 139 g/mol. The number of aryl methyl sites for hydroxylation is 1. The number of nitrogens with zero attached hydrogens (tertiary/aromatic N) is 2. The van der Waals surface area contributed by atoms with Crippen LogP contribution in [0.25, 0.3) is 11.0 Å². The zero-order valence-corrected chi connectivity index (χ0v) is 4.89. The molecule has 0 spiro atoms. The summed E-state index contributed by atoms with van der Waals surface area (Å²) in [6.45, 7) is -2.53. The van der Waals surface area contributed by atoms with Crippen LogP contribution in [0, 0.1) is 6.85 Å². The molecular weight excluding hydrogens is 126 g/mol. The zero-order chi connectivity index (χ0) is 12.1. The van der Waals surface area contributed by atoms with Crippen LogP contribution >= 0.6 is 0 Å². The molecule has 0 radical (unpaired) electrons. The van der Waals surface area contributed by atoms with Gasteiger partial charge in [-0.2, -0.15) is 0 Å². The summed E-state index contributed by atoms with van der Waals surface area (Å²) >= 11 is 0. The SMILES string of the molecule is [2H]c1nc(C([2H])([2H])[2H])c2c([2H])c([2H])[nH]c2n1. The van der Waals surface area contributed by atoms with E-state index in [0.717, 1.165) is 0 Å². The molecule has 0 aliphatic rings. The maximum Gasteiger partial charge on any atom is 0.140 e. The lowest BCUT2D eigenvalue weighted by Gasteiger charge is -1.90. The number of aromatic nitrogens is 3. The first-order chi connectivity index (χ1) is 7.30. The number of nitrogens with one attached hydrogen (secondary N) is 1. The second-order valence-electron chi connectivity index (χ2n) is 1.77. The molecule has 0 bridgehead atoms. The summed E-state index contributed by atoms with van der Waals surface area (Å²) in [4.78, 5) is 9.60. The van der Waals surface area contributed by atoms with Gasteiger partial charge in [0.05, 0.1) is 8.44 Å². The lowest BCUT2D eigenvalue weighted by molar-refractivity contribution is 1.14. The standard InChI is InChI=1S/C7H7N3/c1-5-6-2-3-8-7(6)10-4-9-5/h2-4H,1H3,(H,8,9,10)/i1D3,2D,3D,4D. The third-order valence-corrected chi connectivity index (χ3v) is 1.17. The highest BCUT2D eigenvalue weighted by Crippen LogP contribution is 2.10. The van der Waals surface area contributed by atoms with E-state index >= 15 is 0 Å². The summed E-state index contributed by atoms with van der Waals surface area (Å²) in [5.74, 6) is 0. The summed E-state index contributed by atoms with van der Waals surface area (Å²) in [5, 5.41) is -0.0130. The van der Waals surface area contributed by atoms with Crippen LogP contribution in [0.3, 0.4) is 0 Å². The highest BCUT2D eigenvalue weighted by Gasteiger charge is 1.96. The number of rotatable bonds is 0. The predicted molar refractivity (Wildman–Crippen MR) is 38.6 cm³/mol. The predicted octanol–water partition coefficient (Wildman–Crippen LogP) is 1.27. The fraction of sp³-hybridized carbons (Fsp3) is 0.143. The number of H-pyrrole nitrogens is 1. The molecule has 3 nitrogen and oxygen atoms in total. The first-order valence-electron chi connectivity index (χ1n) is 5.64. The van der Waals surface area contributed by atoms with Gasteiger partial charge in [0, 0.05) is 15.7 Å². The second-order valence-corrected chi connectivity index (χ2v) is 1.77. The van der Waals surface area contributed by atoms with Gasteiger partial charge in [-0.25, -0.2) is 9.97 Å². The maximum absolute atomic E-state index is 7.55. The van der Waals surface area contributed by atoms with E-state index in [0.29, 0.717) is 0 Å². The Morgan fingerprint density at radius 1 is 1.70 bits per heavy atom. The fourth-order valence-electron chi connectivity index (χ4n) is 0.711. The first-order valence-corrected chi connectivity index (χ1v) is 2.64.